The zero-order valence-corrected chi connectivity index (χ0v) is 11.5. The Morgan fingerprint density at radius 3 is 2.45 bits per heavy atom. The van der Waals surface area contributed by atoms with Gasteiger partial charge in [-0.25, -0.2) is 4.39 Å². The van der Waals surface area contributed by atoms with Crippen molar-refractivity contribution >= 4 is 11.4 Å². The van der Waals surface area contributed by atoms with Crippen LogP contribution in [0.25, 0.3) is 0 Å². The lowest BCUT2D eigenvalue weighted by molar-refractivity contribution is 0.608. The summed E-state index contributed by atoms with van der Waals surface area (Å²) in [4.78, 5) is 0. The van der Waals surface area contributed by atoms with Crippen LogP contribution in [0.15, 0.2) is 30.3 Å². The molecule has 0 aliphatic carbocycles. The second-order valence-electron chi connectivity index (χ2n) is 4.81. The van der Waals surface area contributed by atoms with Crippen molar-refractivity contribution < 1.29 is 4.39 Å². The Morgan fingerprint density at radius 1 is 1.20 bits per heavy atom. The van der Waals surface area contributed by atoms with Gasteiger partial charge in [-0.1, -0.05) is 12.1 Å². The molecule has 0 radical (unpaired) electrons. The van der Waals surface area contributed by atoms with E-state index >= 15 is 0 Å². The van der Waals surface area contributed by atoms with Crippen molar-refractivity contribution in [2.24, 2.45) is 0 Å². The number of anilines is 2. The summed E-state index contributed by atoms with van der Waals surface area (Å²) >= 11 is 0. The van der Waals surface area contributed by atoms with Gasteiger partial charge in [-0.3, -0.25) is 0 Å². The second-order valence-corrected chi connectivity index (χ2v) is 4.81. The van der Waals surface area contributed by atoms with Gasteiger partial charge in [-0.15, -0.1) is 0 Å². The van der Waals surface area contributed by atoms with Crippen molar-refractivity contribution in [2.75, 3.05) is 11.1 Å². The number of nitrogens with zero attached hydrogens (tertiary/aromatic N) is 1. The van der Waals surface area contributed by atoms with E-state index in [0.717, 1.165) is 5.56 Å². The molecule has 4 heteroatoms. The van der Waals surface area contributed by atoms with Crippen molar-refractivity contribution in [1.29, 1.82) is 5.26 Å². The predicted octanol–water partition coefficient (Wildman–Crippen LogP) is 3.51. The average molecular weight is 269 g/mol. The number of nitrogens with two attached hydrogens (primary N) is 1. The molecule has 0 aromatic heterocycles. The number of hydrogen-bond acceptors (Lipinski definition) is 3. The Balaban J connectivity index is 2.19. The van der Waals surface area contributed by atoms with Gasteiger partial charge in [0.2, 0.25) is 0 Å². The lowest BCUT2D eigenvalue weighted by Crippen LogP contribution is -2.04. The maximum Gasteiger partial charge on any atom is 0.129 e. The molecular formula is C16H16FN3. The van der Waals surface area contributed by atoms with Gasteiger partial charge in [0.25, 0.3) is 0 Å². The lowest BCUT2D eigenvalue weighted by atomic mass is 10.1. The highest BCUT2D eigenvalue weighted by Crippen LogP contribution is 2.21. The number of nitrogen functional groups attached to an aromatic ring is 1. The number of benzene rings is 2. The van der Waals surface area contributed by atoms with Gasteiger partial charge in [0, 0.05) is 6.54 Å². The first kappa shape index (κ1) is 13.9. The van der Waals surface area contributed by atoms with Crippen LogP contribution in [0.3, 0.4) is 0 Å². The summed E-state index contributed by atoms with van der Waals surface area (Å²) in [6.07, 6.45) is 0. The fourth-order valence-electron chi connectivity index (χ4n) is 2.11. The molecule has 0 aliphatic heterocycles. The van der Waals surface area contributed by atoms with Crippen LogP contribution >= 0.6 is 0 Å². The van der Waals surface area contributed by atoms with Crippen LogP contribution in [0.2, 0.25) is 0 Å². The molecule has 102 valence electrons. The highest BCUT2D eigenvalue weighted by Gasteiger charge is 2.05. The largest absolute Gasteiger partial charge is 0.397 e. The number of rotatable bonds is 3. The van der Waals surface area contributed by atoms with Crippen molar-refractivity contribution in [3.8, 4) is 6.07 Å². The van der Waals surface area contributed by atoms with E-state index in [4.69, 9.17) is 11.0 Å². The maximum atomic E-state index is 13.6. The molecule has 2 aromatic rings. The first-order valence-electron chi connectivity index (χ1n) is 6.30. The minimum atomic E-state index is -0.167. The molecule has 0 bridgehead atoms. The summed E-state index contributed by atoms with van der Waals surface area (Å²) in [7, 11) is 0. The van der Waals surface area contributed by atoms with Gasteiger partial charge >= 0.3 is 0 Å². The lowest BCUT2D eigenvalue weighted by Gasteiger charge is -2.11. The van der Waals surface area contributed by atoms with Crippen LogP contribution in [-0.4, -0.2) is 0 Å². The summed E-state index contributed by atoms with van der Waals surface area (Å²) in [5.41, 5.74) is 9.93. The minimum Gasteiger partial charge on any atom is -0.397 e. The Kier molecular flexibility index (Phi) is 3.90. The fourth-order valence-corrected chi connectivity index (χ4v) is 2.11. The average Bonchev–Trinajstić information content (AvgIpc) is 2.43. The predicted molar refractivity (Wildman–Crippen MR) is 78.8 cm³/mol. The van der Waals surface area contributed by atoms with Crippen LogP contribution in [-0.2, 0) is 6.54 Å². The maximum absolute atomic E-state index is 13.6. The SMILES string of the molecule is Cc1cc(CNc2cc(C#N)ccc2N)cc(C)c1F. The summed E-state index contributed by atoms with van der Waals surface area (Å²) in [6, 6.07) is 10.8. The van der Waals surface area contributed by atoms with Gasteiger partial charge in [0.05, 0.1) is 23.0 Å². The van der Waals surface area contributed by atoms with Crippen LogP contribution in [0, 0.1) is 31.0 Å². The highest BCUT2D eigenvalue weighted by molar-refractivity contribution is 5.68. The first-order valence-corrected chi connectivity index (χ1v) is 6.30. The van der Waals surface area contributed by atoms with E-state index in [1.807, 2.05) is 0 Å². The quantitative estimate of drug-likeness (QED) is 0.838. The Labute approximate surface area is 117 Å². The molecular weight excluding hydrogens is 253 g/mol. The number of aryl methyl sites for hydroxylation is 2. The Hall–Kier alpha value is -2.54. The monoisotopic (exact) mass is 269 g/mol. The van der Waals surface area contributed by atoms with Crippen LogP contribution in [0.1, 0.15) is 22.3 Å². The van der Waals surface area contributed by atoms with E-state index in [1.165, 1.54) is 0 Å². The minimum absolute atomic E-state index is 0.167. The van der Waals surface area contributed by atoms with Gasteiger partial charge < -0.3 is 11.1 Å². The number of halogens is 1. The Bertz CT molecular complexity index is 664. The van der Waals surface area contributed by atoms with Crippen LogP contribution < -0.4 is 11.1 Å². The molecule has 0 aliphatic rings. The van der Waals surface area contributed by atoms with E-state index in [-0.39, 0.29) is 5.82 Å². The van der Waals surface area contributed by atoms with E-state index < -0.39 is 0 Å². The number of nitrogens with one attached hydrogen (secondary N) is 1. The molecule has 0 amide bonds. The summed E-state index contributed by atoms with van der Waals surface area (Å²) in [5.74, 6) is -0.167. The molecule has 2 rings (SSSR count). The second kappa shape index (κ2) is 5.62. The zero-order valence-electron chi connectivity index (χ0n) is 11.5. The summed E-state index contributed by atoms with van der Waals surface area (Å²) in [6.45, 7) is 4.02. The Morgan fingerprint density at radius 2 is 1.85 bits per heavy atom. The van der Waals surface area contributed by atoms with Gasteiger partial charge in [0.15, 0.2) is 0 Å². The molecule has 3 nitrogen and oxygen atoms in total. The molecule has 0 spiro atoms. The molecule has 0 unspecified atom stereocenters. The van der Waals surface area contributed by atoms with E-state index in [0.29, 0.717) is 34.6 Å². The van der Waals surface area contributed by atoms with Crippen LogP contribution in [0.5, 0.6) is 0 Å². The normalized spacial score (nSPS) is 10.1. The van der Waals surface area contributed by atoms with Crippen molar-refractivity contribution in [3.05, 3.63) is 58.4 Å². The zero-order chi connectivity index (χ0) is 14.7. The third kappa shape index (κ3) is 2.89. The van der Waals surface area contributed by atoms with Crippen molar-refractivity contribution in [2.45, 2.75) is 20.4 Å². The van der Waals surface area contributed by atoms with E-state index in [2.05, 4.69) is 11.4 Å². The third-order valence-electron chi connectivity index (χ3n) is 3.16. The summed E-state index contributed by atoms with van der Waals surface area (Å²) < 4.78 is 13.6. The molecule has 20 heavy (non-hydrogen) atoms. The van der Waals surface area contributed by atoms with Gasteiger partial charge in [-0.05, 0) is 48.7 Å². The smallest absolute Gasteiger partial charge is 0.129 e. The molecule has 2 aromatic carbocycles. The molecule has 0 saturated heterocycles. The van der Waals surface area contributed by atoms with E-state index in [9.17, 15) is 4.39 Å². The standard InChI is InChI=1S/C16H16FN3/c1-10-5-13(6-11(2)16(10)17)9-20-15-7-12(8-18)3-4-14(15)19/h3-7,20H,9,19H2,1-2H3. The van der Waals surface area contributed by atoms with Crippen molar-refractivity contribution in [1.82, 2.24) is 0 Å². The van der Waals surface area contributed by atoms with E-state index in [1.54, 1.807) is 44.2 Å². The first-order chi connectivity index (χ1) is 9.51. The number of hydrogen-bond donors (Lipinski definition) is 2. The molecule has 0 atom stereocenters. The molecule has 0 heterocycles. The molecule has 3 N–H and O–H groups in total. The molecule has 0 saturated carbocycles. The van der Waals surface area contributed by atoms with Gasteiger partial charge in [-0.2, -0.15) is 5.26 Å². The molecule has 0 fully saturated rings. The fraction of sp³-hybridized carbons (Fsp3) is 0.188. The topological polar surface area (TPSA) is 61.8 Å². The van der Waals surface area contributed by atoms with Gasteiger partial charge in [0.1, 0.15) is 5.82 Å². The van der Waals surface area contributed by atoms with Crippen molar-refractivity contribution in [3.63, 3.8) is 0 Å². The van der Waals surface area contributed by atoms with Crippen LogP contribution in [0.4, 0.5) is 15.8 Å². The highest BCUT2D eigenvalue weighted by atomic mass is 19.1. The summed E-state index contributed by atoms with van der Waals surface area (Å²) in [5, 5.41) is 12.1. The number of nitriles is 1. The third-order valence-corrected chi connectivity index (χ3v) is 3.16.